The lowest BCUT2D eigenvalue weighted by Crippen LogP contribution is -2.34. The minimum Gasteiger partial charge on any atom is -0.490 e. The van der Waals surface area contributed by atoms with E-state index < -0.39 is 12.3 Å². The molecular formula is C16H19NO5. The molecule has 118 valence electrons. The van der Waals surface area contributed by atoms with Gasteiger partial charge in [0.05, 0.1) is 13.7 Å². The van der Waals surface area contributed by atoms with E-state index in [1.54, 1.807) is 12.3 Å². The van der Waals surface area contributed by atoms with Crippen LogP contribution in [-0.4, -0.2) is 41.0 Å². The van der Waals surface area contributed by atoms with Crippen molar-refractivity contribution in [2.75, 3.05) is 13.7 Å². The monoisotopic (exact) mass is 305 g/mol. The van der Waals surface area contributed by atoms with Gasteiger partial charge in [0.25, 0.3) is 0 Å². The van der Waals surface area contributed by atoms with Crippen molar-refractivity contribution >= 4 is 5.97 Å². The zero-order valence-electron chi connectivity index (χ0n) is 12.3. The van der Waals surface area contributed by atoms with Crippen LogP contribution in [0.1, 0.15) is 12.0 Å². The fraction of sp³-hybridized carbons (Fsp3) is 0.312. The molecule has 1 aliphatic heterocycles. The number of rotatable bonds is 6. The van der Waals surface area contributed by atoms with Gasteiger partial charge in [-0.3, -0.25) is 0 Å². The molecule has 2 N–H and O–H groups in total. The predicted molar refractivity (Wildman–Crippen MR) is 79.0 cm³/mol. The maximum Gasteiger partial charge on any atom is 0.358 e. The van der Waals surface area contributed by atoms with E-state index in [-0.39, 0.29) is 12.2 Å². The fourth-order valence-corrected chi connectivity index (χ4v) is 2.15. The number of aliphatic hydroxyl groups excluding tert-OH is 1. The first-order chi connectivity index (χ1) is 10.6. The molecule has 1 heterocycles. The zero-order valence-corrected chi connectivity index (χ0v) is 12.3. The number of ether oxygens (including phenoxy) is 2. The van der Waals surface area contributed by atoms with Crippen molar-refractivity contribution in [3.63, 3.8) is 0 Å². The fourth-order valence-electron chi connectivity index (χ4n) is 2.15. The van der Waals surface area contributed by atoms with Crippen LogP contribution in [0.5, 0.6) is 0 Å². The van der Waals surface area contributed by atoms with Crippen LogP contribution in [0.4, 0.5) is 0 Å². The van der Waals surface area contributed by atoms with Gasteiger partial charge < -0.3 is 24.6 Å². The molecule has 0 aliphatic carbocycles. The number of nitrogens with zero attached hydrogens (tertiary/aromatic N) is 1. The predicted octanol–water partition coefficient (Wildman–Crippen LogP) is 1.12. The number of methoxy groups -OCH3 is 1. The van der Waals surface area contributed by atoms with E-state index in [2.05, 4.69) is 0 Å². The average Bonchev–Trinajstić information content (AvgIpc) is 2.52. The van der Waals surface area contributed by atoms with Crippen molar-refractivity contribution in [1.82, 2.24) is 4.90 Å². The molecule has 1 aromatic carbocycles. The van der Waals surface area contributed by atoms with E-state index in [4.69, 9.17) is 19.7 Å². The molecule has 0 bridgehead atoms. The van der Waals surface area contributed by atoms with Crippen molar-refractivity contribution < 1.29 is 24.5 Å². The number of carbonyl (C=O) groups is 1. The van der Waals surface area contributed by atoms with Gasteiger partial charge in [-0.05, 0) is 5.56 Å². The summed E-state index contributed by atoms with van der Waals surface area (Å²) in [6.07, 6.45) is 2.27. The molecule has 1 aromatic rings. The van der Waals surface area contributed by atoms with Crippen LogP contribution in [0.3, 0.4) is 0 Å². The Morgan fingerprint density at radius 1 is 1.32 bits per heavy atom. The maximum absolute atomic E-state index is 12.0. The number of esters is 1. The number of hydrogen-bond donors (Lipinski definition) is 2. The Balaban J connectivity index is 2.18. The zero-order chi connectivity index (χ0) is 15.9. The molecule has 0 amide bonds. The molecule has 1 aliphatic rings. The molecule has 22 heavy (non-hydrogen) atoms. The van der Waals surface area contributed by atoms with E-state index in [0.717, 1.165) is 5.56 Å². The van der Waals surface area contributed by atoms with E-state index in [0.29, 0.717) is 18.8 Å². The van der Waals surface area contributed by atoms with E-state index >= 15 is 0 Å². The van der Waals surface area contributed by atoms with Crippen LogP contribution in [-0.2, 0) is 20.9 Å². The van der Waals surface area contributed by atoms with E-state index in [1.165, 1.54) is 12.0 Å². The second kappa shape index (κ2) is 7.63. The first kappa shape index (κ1) is 16.1. The lowest BCUT2D eigenvalue weighted by Gasteiger charge is -2.28. The third-order valence-electron chi connectivity index (χ3n) is 3.13. The van der Waals surface area contributed by atoms with Crippen molar-refractivity contribution in [1.29, 1.82) is 0 Å². The first-order valence-electron chi connectivity index (χ1n) is 6.89. The van der Waals surface area contributed by atoms with Crippen LogP contribution in [0.2, 0.25) is 0 Å². The summed E-state index contributed by atoms with van der Waals surface area (Å²) in [6.45, 7) is 0.180. The Kier molecular flexibility index (Phi) is 5.57. The van der Waals surface area contributed by atoms with Gasteiger partial charge >= 0.3 is 5.97 Å². The van der Waals surface area contributed by atoms with Gasteiger partial charge in [-0.15, -0.1) is 0 Å². The summed E-state index contributed by atoms with van der Waals surface area (Å²) in [4.78, 5) is 13.4. The molecular weight excluding hydrogens is 286 g/mol. The van der Waals surface area contributed by atoms with E-state index in [9.17, 15) is 4.79 Å². The summed E-state index contributed by atoms with van der Waals surface area (Å²) in [5, 5.41) is 18.3. The Morgan fingerprint density at radius 3 is 2.68 bits per heavy atom. The highest BCUT2D eigenvalue weighted by Crippen LogP contribution is 2.24. The molecule has 0 radical (unpaired) electrons. The molecule has 0 unspecified atom stereocenters. The van der Waals surface area contributed by atoms with E-state index in [1.807, 2.05) is 30.3 Å². The summed E-state index contributed by atoms with van der Waals surface area (Å²) in [6, 6.07) is 9.57. The molecule has 0 atom stereocenters. The SMILES string of the molecule is COC(=O)C1=C(OCc2ccccc2)CC=CN1CC(O)O. The van der Waals surface area contributed by atoms with Gasteiger partial charge in [-0.1, -0.05) is 36.4 Å². The Bertz CT molecular complexity index is 565. The number of aliphatic hydroxyl groups is 2. The van der Waals surface area contributed by atoms with Gasteiger partial charge in [0, 0.05) is 12.6 Å². The van der Waals surface area contributed by atoms with Crippen LogP contribution in [0.15, 0.2) is 54.1 Å². The van der Waals surface area contributed by atoms with Crippen molar-refractivity contribution in [3.05, 3.63) is 59.6 Å². The third-order valence-corrected chi connectivity index (χ3v) is 3.13. The number of carbonyl (C=O) groups excluding carboxylic acids is 1. The van der Waals surface area contributed by atoms with Crippen LogP contribution >= 0.6 is 0 Å². The Hall–Kier alpha value is -2.31. The molecule has 0 saturated carbocycles. The highest BCUT2D eigenvalue weighted by molar-refractivity contribution is 5.88. The van der Waals surface area contributed by atoms with Gasteiger partial charge in [0.2, 0.25) is 0 Å². The van der Waals surface area contributed by atoms with Crippen LogP contribution in [0, 0.1) is 0 Å². The molecule has 6 heteroatoms. The highest BCUT2D eigenvalue weighted by Gasteiger charge is 2.26. The van der Waals surface area contributed by atoms with Gasteiger partial charge in [-0.2, -0.15) is 0 Å². The van der Waals surface area contributed by atoms with Gasteiger partial charge in [0.15, 0.2) is 12.0 Å². The summed E-state index contributed by atoms with van der Waals surface area (Å²) in [5.74, 6) is -0.132. The number of benzene rings is 1. The lowest BCUT2D eigenvalue weighted by molar-refractivity contribution is -0.138. The molecule has 0 aromatic heterocycles. The minimum absolute atomic E-state index is 0.140. The Morgan fingerprint density at radius 2 is 2.05 bits per heavy atom. The first-order valence-corrected chi connectivity index (χ1v) is 6.89. The van der Waals surface area contributed by atoms with Crippen molar-refractivity contribution in [2.24, 2.45) is 0 Å². The van der Waals surface area contributed by atoms with Crippen LogP contribution in [0.25, 0.3) is 0 Å². The summed E-state index contributed by atoms with van der Waals surface area (Å²) in [7, 11) is 1.27. The van der Waals surface area contributed by atoms with Gasteiger partial charge in [-0.25, -0.2) is 4.79 Å². The number of allylic oxidation sites excluding steroid dienone is 1. The average molecular weight is 305 g/mol. The van der Waals surface area contributed by atoms with Crippen LogP contribution < -0.4 is 0 Å². The quantitative estimate of drug-likeness (QED) is 0.605. The standard InChI is InChI=1S/C16H19NO5/c1-21-16(20)15-13(8-5-9-17(15)10-14(18)19)22-11-12-6-3-2-4-7-12/h2-7,9,14,18-19H,8,10-11H2,1H3. The summed E-state index contributed by atoms with van der Waals surface area (Å²) < 4.78 is 10.5. The topological polar surface area (TPSA) is 79.2 Å². The second-order valence-corrected chi connectivity index (χ2v) is 4.76. The molecule has 6 nitrogen and oxygen atoms in total. The smallest absolute Gasteiger partial charge is 0.358 e. The highest BCUT2D eigenvalue weighted by atomic mass is 16.5. The van der Waals surface area contributed by atoms with Crippen molar-refractivity contribution in [3.8, 4) is 0 Å². The van der Waals surface area contributed by atoms with Gasteiger partial charge in [0.1, 0.15) is 12.4 Å². The summed E-state index contributed by atoms with van der Waals surface area (Å²) in [5.41, 5.74) is 1.16. The molecule has 0 fully saturated rings. The maximum atomic E-state index is 12.0. The largest absolute Gasteiger partial charge is 0.490 e. The Labute approximate surface area is 128 Å². The lowest BCUT2D eigenvalue weighted by atomic mass is 10.2. The second-order valence-electron chi connectivity index (χ2n) is 4.76. The number of β-amino-alcohol motifs (C(OH)–C–C–N with tert-alkyl or cyclic N) is 2. The summed E-state index contributed by atoms with van der Waals surface area (Å²) >= 11 is 0. The number of hydrogen-bond acceptors (Lipinski definition) is 6. The van der Waals surface area contributed by atoms with Crippen molar-refractivity contribution in [2.45, 2.75) is 19.3 Å². The normalized spacial score (nSPS) is 14.5. The minimum atomic E-state index is -1.57. The third kappa shape index (κ3) is 4.09. The molecule has 2 rings (SSSR count). The molecule has 0 spiro atoms. The molecule has 0 saturated heterocycles.